The molecule has 0 aromatic carbocycles. The summed E-state index contributed by atoms with van der Waals surface area (Å²) in [6.45, 7) is 13.1. The van der Waals surface area contributed by atoms with E-state index in [0.29, 0.717) is 0 Å². The Labute approximate surface area is 75.7 Å². The normalized spacial score (nSPS) is 10.1. The van der Waals surface area contributed by atoms with Crippen LogP contribution in [0.4, 0.5) is 0 Å². The van der Waals surface area contributed by atoms with E-state index in [1.165, 1.54) is 6.92 Å². The third-order valence-corrected chi connectivity index (χ3v) is 0.672. The van der Waals surface area contributed by atoms with Crippen molar-refractivity contribution in [2.75, 3.05) is 19.8 Å². The Morgan fingerprint density at radius 2 is 1.50 bits per heavy atom. The van der Waals surface area contributed by atoms with Gasteiger partial charge in [-0.05, 0) is 20.8 Å². The lowest BCUT2D eigenvalue weighted by Crippen LogP contribution is -2.03. The summed E-state index contributed by atoms with van der Waals surface area (Å²) < 4.78 is 4.83. The molecule has 1 unspecified atom stereocenters. The first-order chi connectivity index (χ1) is 5.68. The van der Waals surface area contributed by atoms with Crippen LogP contribution >= 0.6 is 0 Å². The minimum absolute atomic E-state index is 0.139. The lowest BCUT2D eigenvalue weighted by molar-refractivity contribution is 0.110. The number of aliphatic hydroxyl groups is 2. The quantitative estimate of drug-likeness (QED) is 0.638. The van der Waals surface area contributed by atoms with Gasteiger partial charge in [-0.15, -0.1) is 13.2 Å². The molecule has 76 valence electrons. The zero-order valence-electron chi connectivity index (χ0n) is 8.42. The molecule has 12 heavy (non-hydrogen) atoms. The van der Waals surface area contributed by atoms with Crippen molar-refractivity contribution >= 4 is 0 Å². The van der Waals surface area contributed by atoms with Gasteiger partial charge in [0, 0.05) is 13.2 Å². The molecule has 3 nitrogen and oxygen atoms in total. The molecule has 0 aromatic heterocycles. The van der Waals surface area contributed by atoms with Crippen LogP contribution in [-0.2, 0) is 4.74 Å². The molecule has 1 atom stereocenters. The summed E-state index contributed by atoms with van der Waals surface area (Å²) in [5.74, 6) is 0. The predicted octanol–water partition coefficient (Wildman–Crippen LogP) is 1.20. The topological polar surface area (TPSA) is 49.7 Å². The third kappa shape index (κ3) is 54.5. The molecule has 2 N–H and O–H groups in total. The molecule has 0 radical (unpaired) electrons. The van der Waals surface area contributed by atoms with Crippen LogP contribution in [0.5, 0.6) is 0 Å². The highest BCUT2D eigenvalue weighted by molar-refractivity contribution is 4.34. The van der Waals surface area contributed by atoms with Gasteiger partial charge in [-0.1, -0.05) is 0 Å². The van der Waals surface area contributed by atoms with Crippen molar-refractivity contribution in [3.05, 3.63) is 13.2 Å². The summed E-state index contributed by atoms with van der Waals surface area (Å²) in [4.78, 5) is 0. The Bertz CT molecular complexity index is 53.7. The molecule has 0 spiro atoms. The average Bonchev–Trinajstić information content (AvgIpc) is 2.10. The molecule has 0 aliphatic rings. The Kier molecular flexibility index (Phi) is 33.0. The van der Waals surface area contributed by atoms with Crippen LogP contribution in [0.15, 0.2) is 13.2 Å². The number of rotatable bonds is 3. The largest absolute Gasteiger partial charge is 0.394 e. The van der Waals surface area contributed by atoms with Crippen molar-refractivity contribution in [3.63, 3.8) is 0 Å². The first-order valence-electron chi connectivity index (χ1n) is 4.05. The predicted molar refractivity (Wildman–Crippen MR) is 52.2 cm³/mol. The average molecular weight is 178 g/mol. The van der Waals surface area contributed by atoms with Gasteiger partial charge in [0.05, 0.1) is 12.7 Å². The standard InChI is InChI=1S/C4H10O.C3H8O2.C2H4/c1-3-5-4-2;1-3(5)2-4;1-2/h3-4H2,1-2H3;3-5H,2H2,1H3;1-2H2. The second-order valence-electron chi connectivity index (χ2n) is 1.81. The molecular weight excluding hydrogens is 156 g/mol. The summed E-state index contributed by atoms with van der Waals surface area (Å²) in [6.07, 6.45) is -0.560. The minimum Gasteiger partial charge on any atom is -0.394 e. The number of ether oxygens (including phenoxy) is 1. The van der Waals surface area contributed by atoms with Gasteiger partial charge in [0.25, 0.3) is 0 Å². The van der Waals surface area contributed by atoms with Crippen molar-refractivity contribution in [2.24, 2.45) is 0 Å². The second-order valence-corrected chi connectivity index (χ2v) is 1.81. The highest BCUT2D eigenvalue weighted by Gasteiger charge is 1.83. The summed E-state index contributed by atoms with van der Waals surface area (Å²) in [6, 6.07) is 0. The molecule has 0 saturated heterocycles. The lowest BCUT2D eigenvalue weighted by atomic mass is 10.5. The molecule has 0 amide bonds. The van der Waals surface area contributed by atoms with Crippen molar-refractivity contribution in [1.82, 2.24) is 0 Å². The maximum atomic E-state index is 8.11. The van der Waals surface area contributed by atoms with Gasteiger partial charge < -0.3 is 14.9 Å². The van der Waals surface area contributed by atoms with Crippen molar-refractivity contribution in [3.8, 4) is 0 Å². The van der Waals surface area contributed by atoms with E-state index in [1.54, 1.807) is 0 Å². The van der Waals surface area contributed by atoms with Crippen LogP contribution in [0.3, 0.4) is 0 Å². The molecule has 0 aliphatic heterocycles. The highest BCUT2D eigenvalue weighted by atomic mass is 16.5. The molecule has 0 rings (SSSR count). The zero-order chi connectivity index (χ0) is 10.4. The van der Waals surface area contributed by atoms with Gasteiger partial charge >= 0.3 is 0 Å². The zero-order valence-corrected chi connectivity index (χ0v) is 8.42. The molecule has 0 heterocycles. The fourth-order valence-electron chi connectivity index (χ4n) is 0.204. The smallest absolute Gasteiger partial charge is 0.0742 e. The molecule has 0 aliphatic carbocycles. The number of hydrogen-bond acceptors (Lipinski definition) is 3. The van der Waals surface area contributed by atoms with E-state index in [4.69, 9.17) is 14.9 Å². The minimum atomic E-state index is -0.560. The molecule has 0 bridgehead atoms. The summed E-state index contributed by atoms with van der Waals surface area (Å²) in [5.41, 5.74) is 0. The maximum Gasteiger partial charge on any atom is 0.0742 e. The van der Waals surface area contributed by atoms with E-state index < -0.39 is 6.10 Å². The lowest BCUT2D eigenvalue weighted by Gasteiger charge is -1.90. The molecule has 0 fully saturated rings. The van der Waals surface area contributed by atoms with Crippen LogP contribution in [-0.4, -0.2) is 36.1 Å². The Balaban J connectivity index is -0.000000112. The second kappa shape index (κ2) is 22.4. The first-order valence-corrected chi connectivity index (χ1v) is 4.05. The van der Waals surface area contributed by atoms with Crippen LogP contribution in [0.1, 0.15) is 20.8 Å². The summed E-state index contributed by atoms with van der Waals surface area (Å²) in [5, 5.41) is 16.0. The monoisotopic (exact) mass is 178 g/mol. The van der Waals surface area contributed by atoms with E-state index in [9.17, 15) is 0 Å². The van der Waals surface area contributed by atoms with Gasteiger partial charge in [0.15, 0.2) is 0 Å². The molecule has 0 aromatic rings. The Morgan fingerprint density at radius 3 is 1.50 bits per heavy atom. The maximum absolute atomic E-state index is 8.11. The fourth-order valence-corrected chi connectivity index (χ4v) is 0.204. The third-order valence-electron chi connectivity index (χ3n) is 0.672. The molecule has 0 saturated carbocycles. The fraction of sp³-hybridized carbons (Fsp3) is 0.778. The van der Waals surface area contributed by atoms with E-state index >= 15 is 0 Å². The SMILES string of the molecule is C=C.CC(O)CO.CCOCC. The Morgan fingerprint density at radius 1 is 1.25 bits per heavy atom. The number of aliphatic hydroxyl groups excluding tert-OH is 2. The summed E-state index contributed by atoms with van der Waals surface area (Å²) >= 11 is 0. The first kappa shape index (κ1) is 17.6. The Hall–Kier alpha value is -0.380. The van der Waals surface area contributed by atoms with Gasteiger partial charge in [-0.2, -0.15) is 0 Å². The number of hydrogen-bond donors (Lipinski definition) is 2. The van der Waals surface area contributed by atoms with E-state index in [2.05, 4.69) is 13.2 Å². The van der Waals surface area contributed by atoms with E-state index in [-0.39, 0.29) is 6.61 Å². The van der Waals surface area contributed by atoms with Gasteiger partial charge in [-0.3, -0.25) is 0 Å². The van der Waals surface area contributed by atoms with Crippen LogP contribution in [0, 0.1) is 0 Å². The van der Waals surface area contributed by atoms with Crippen molar-refractivity contribution in [2.45, 2.75) is 26.9 Å². The summed E-state index contributed by atoms with van der Waals surface area (Å²) in [7, 11) is 0. The highest BCUT2D eigenvalue weighted by Crippen LogP contribution is 1.68. The van der Waals surface area contributed by atoms with Crippen molar-refractivity contribution < 1.29 is 14.9 Å². The van der Waals surface area contributed by atoms with E-state index in [1.807, 2.05) is 13.8 Å². The van der Waals surface area contributed by atoms with Crippen molar-refractivity contribution in [1.29, 1.82) is 0 Å². The van der Waals surface area contributed by atoms with Crippen LogP contribution in [0.25, 0.3) is 0 Å². The van der Waals surface area contributed by atoms with Crippen LogP contribution in [0.2, 0.25) is 0 Å². The van der Waals surface area contributed by atoms with Crippen LogP contribution < -0.4 is 0 Å². The molecular formula is C9H22O3. The van der Waals surface area contributed by atoms with E-state index in [0.717, 1.165) is 13.2 Å². The van der Waals surface area contributed by atoms with Gasteiger partial charge in [0.2, 0.25) is 0 Å². The molecule has 3 heteroatoms. The van der Waals surface area contributed by atoms with Gasteiger partial charge in [0.1, 0.15) is 0 Å². The van der Waals surface area contributed by atoms with Gasteiger partial charge in [-0.25, -0.2) is 0 Å².